The Labute approximate surface area is 249 Å². The van der Waals surface area contributed by atoms with E-state index in [9.17, 15) is 19.2 Å². The zero-order valence-electron chi connectivity index (χ0n) is 24.6. The minimum Gasteiger partial charge on any atom is -0.492 e. The molecule has 2 aromatic heterocycles. The number of fused-ring (bicyclic) bond motifs is 2. The maximum Gasteiger partial charge on any atom is 0.256 e. The standard InChI is InChI=1S/C31H38N6O6/c1-20-23(31(41)36-13-3-2-4-26(36)33-20)11-16-35-14-9-21(10-15-35)30-24-6-5-22(18-25(24)43-34-30)42-17-12-32-27(38)19-37-28(39)7-8-29(37)40/h5-6,18,21H,2-4,7-17,19H2,1H3,(H,32,38). The van der Waals surface area contributed by atoms with Crippen LogP contribution in [0.15, 0.2) is 27.5 Å². The van der Waals surface area contributed by atoms with Gasteiger partial charge in [-0.1, -0.05) is 5.16 Å². The number of ether oxygens (including phenoxy) is 1. The van der Waals surface area contributed by atoms with E-state index in [2.05, 4.69) is 15.4 Å². The smallest absolute Gasteiger partial charge is 0.256 e. The lowest BCUT2D eigenvalue weighted by molar-refractivity contribution is -0.142. The predicted molar refractivity (Wildman–Crippen MR) is 157 cm³/mol. The maximum atomic E-state index is 13.1. The van der Waals surface area contributed by atoms with Gasteiger partial charge in [-0.25, -0.2) is 4.98 Å². The van der Waals surface area contributed by atoms with Gasteiger partial charge in [0.1, 0.15) is 24.7 Å². The third-order valence-corrected chi connectivity index (χ3v) is 8.85. The fourth-order valence-electron chi connectivity index (χ4n) is 6.40. The van der Waals surface area contributed by atoms with Crippen LogP contribution in [0.1, 0.15) is 67.2 Å². The Morgan fingerprint density at radius 1 is 1.07 bits per heavy atom. The van der Waals surface area contributed by atoms with Gasteiger partial charge in [0.25, 0.3) is 5.56 Å². The van der Waals surface area contributed by atoms with Crippen LogP contribution >= 0.6 is 0 Å². The highest BCUT2D eigenvalue weighted by Crippen LogP contribution is 2.34. The summed E-state index contributed by atoms with van der Waals surface area (Å²) < 4.78 is 13.3. The molecule has 5 heterocycles. The molecule has 3 aliphatic rings. The van der Waals surface area contributed by atoms with Gasteiger partial charge in [-0.05, 0) is 64.3 Å². The van der Waals surface area contributed by atoms with E-state index in [1.54, 1.807) is 6.07 Å². The number of carbonyl (C=O) groups is 3. The van der Waals surface area contributed by atoms with Crippen LogP contribution in [0.3, 0.4) is 0 Å². The molecule has 12 heteroatoms. The van der Waals surface area contributed by atoms with Gasteiger partial charge in [-0.2, -0.15) is 0 Å². The van der Waals surface area contributed by atoms with Crippen molar-refractivity contribution in [3.63, 3.8) is 0 Å². The fraction of sp³-hybridized carbons (Fsp3) is 0.548. The molecule has 6 rings (SSSR count). The number of amides is 3. The molecule has 0 spiro atoms. The Kier molecular flexibility index (Phi) is 8.55. The Bertz CT molecular complexity index is 1570. The molecular weight excluding hydrogens is 552 g/mol. The van der Waals surface area contributed by atoms with Gasteiger partial charge in [-0.3, -0.25) is 28.6 Å². The lowest BCUT2D eigenvalue weighted by Crippen LogP contribution is -2.41. The first-order chi connectivity index (χ1) is 20.9. The molecule has 0 atom stereocenters. The van der Waals surface area contributed by atoms with Gasteiger partial charge >= 0.3 is 0 Å². The molecule has 0 radical (unpaired) electrons. The molecule has 3 aromatic rings. The van der Waals surface area contributed by atoms with Crippen molar-refractivity contribution in [2.75, 3.05) is 39.3 Å². The number of nitrogens with one attached hydrogen (secondary N) is 1. The van der Waals surface area contributed by atoms with Gasteiger partial charge in [0.05, 0.1) is 12.2 Å². The van der Waals surface area contributed by atoms with Crippen LogP contribution < -0.4 is 15.6 Å². The van der Waals surface area contributed by atoms with Gasteiger partial charge in [0, 0.05) is 61.0 Å². The van der Waals surface area contributed by atoms with Crippen LogP contribution in [0.2, 0.25) is 0 Å². The molecule has 43 heavy (non-hydrogen) atoms. The van der Waals surface area contributed by atoms with Crippen molar-refractivity contribution in [3.8, 4) is 5.75 Å². The van der Waals surface area contributed by atoms with Crippen LogP contribution in [-0.4, -0.2) is 81.6 Å². The molecule has 1 N–H and O–H groups in total. The quantitative estimate of drug-likeness (QED) is 0.278. The highest BCUT2D eigenvalue weighted by atomic mass is 16.5. The van der Waals surface area contributed by atoms with Crippen molar-refractivity contribution in [1.82, 2.24) is 29.8 Å². The lowest BCUT2D eigenvalue weighted by Gasteiger charge is -2.31. The van der Waals surface area contributed by atoms with Gasteiger partial charge in [0.15, 0.2) is 5.58 Å². The minimum atomic E-state index is -0.395. The molecule has 2 fully saturated rings. The Hall–Kier alpha value is -4.06. The zero-order valence-corrected chi connectivity index (χ0v) is 24.6. The molecule has 12 nitrogen and oxygen atoms in total. The average molecular weight is 591 g/mol. The second-order valence-corrected chi connectivity index (χ2v) is 11.7. The number of nitrogens with zero attached hydrogens (tertiary/aromatic N) is 5. The SMILES string of the molecule is Cc1nc2n(c(=O)c1CCN1CCC(c3noc4cc(OCCNC(=O)CN5C(=O)CCC5=O)ccc34)CC1)CCCC2. The molecule has 228 valence electrons. The van der Waals surface area contributed by atoms with Crippen molar-refractivity contribution in [2.24, 2.45) is 0 Å². The van der Waals surface area contributed by atoms with Crippen LogP contribution in [0.25, 0.3) is 11.0 Å². The zero-order chi connectivity index (χ0) is 29.9. The van der Waals surface area contributed by atoms with Crippen LogP contribution in [0.4, 0.5) is 0 Å². The summed E-state index contributed by atoms with van der Waals surface area (Å²) in [5.74, 6) is 0.821. The number of hydrogen-bond donors (Lipinski definition) is 1. The van der Waals surface area contributed by atoms with Gasteiger partial charge in [0.2, 0.25) is 17.7 Å². The van der Waals surface area contributed by atoms with Crippen molar-refractivity contribution in [2.45, 2.75) is 70.8 Å². The first-order valence-corrected chi connectivity index (χ1v) is 15.3. The largest absolute Gasteiger partial charge is 0.492 e. The summed E-state index contributed by atoms with van der Waals surface area (Å²) in [6.07, 6.45) is 6.03. The number of aromatic nitrogens is 3. The summed E-state index contributed by atoms with van der Waals surface area (Å²) in [6.45, 7) is 5.68. The van der Waals surface area contributed by atoms with Crippen molar-refractivity contribution in [1.29, 1.82) is 0 Å². The number of benzene rings is 1. The highest BCUT2D eigenvalue weighted by molar-refractivity contribution is 6.04. The van der Waals surface area contributed by atoms with E-state index in [-0.39, 0.29) is 49.9 Å². The summed E-state index contributed by atoms with van der Waals surface area (Å²) in [6, 6.07) is 5.64. The van der Waals surface area contributed by atoms with Crippen LogP contribution in [0, 0.1) is 6.92 Å². The number of carbonyl (C=O) groups excluding carboxylic acids is 3. The first-order valence-electron chi connectivity index (χ1n) is 15.3. The molecule has 0 bridgehead atoms. The third-order valence-electron chi connectivity index (χ3n) is 8.85. The number of piperidine rings is 1. The maximum absolute atomic E-state index is 13.1. The molecule has 3 aliphatic heterocycles. The van der Waals surface area contributed by atoms with E-state index in [0.29, 0.717) is 17.3 Å². The van der Waals surface area contributed by atoms with Crippen molar-refractivity contribution in [3.05, 3.63) is 51.3 Å². The topological polar surface area (TPSA) is 140 Å². The minimum absolute atomic E-state index is 0.146. The lowest BCUT2D eigenvalue weighted by atomic mass is 9.91. The summed E-state index contributed by atoms with van der Waals surface area (Å²) in [5, 5.41) is 8.06. The normalized spacial score (nSPS) is 17.9. The second-order valence-electron chi connectivity index (χ2n) is 11.7. The second kappa shape index (κ2) is 12.7. The van der Waals surface area contributed by atoms with Gasteiger partial charge in [-0.15, -0.1) is 0 Å². The van der Waals surface area contributed by atoms with E-state index >= 15 is 0 Å². The first kappa shape index (κ1) is 29.0. The monoisotopic (exact) mass is 590 g/mol. The molecule has 0 aliphatic carbocycles. The van der Waals surface area contributed by atoms with Crippen molar-refractivity contribution < 1.29 is 23.6 Å². The average Bonchev–Trinajstić information content (AvgIpc) is 3.57. The Balaban J connectivity index is 0.969. The number of aryl methyl sites for hydroxylation is 2. The summed E-state index contributed by atoms with van der Waals surface area (Å²) in [7, 11) is 0. The van der Waals surface area contributed by atoms with Crippen molar-refractivity contribution >= 4 is 28.7 Å². The highest BCUT2D eigenvalue weighted by Gasteiger charge is 2.30. The molecular formula is C31H38N6O6. The van der Waals surface area contributed by atoms with Crippen LogP contribution in [-0.2, 0) is 33.8 Å². The van der Waals surface area contributed by atoms with E-state index in [1.165, 1.54) is 0 Å². The molecule has 0 saturated carbocycles. The number of rotatable bonds is 10. The van der Waals surface area contributed by atoms with E-state index in [0.717, 1.165) is 97.8 Å². The summed E-state index contributed by atoms with van der Waals surface area (Å²) in [4.78, 5) is 56.6. The molecule has 1 aromatic carbocycles. The molecule has 2 saturated heterocycles. The number of hydrogen-bond acceptors (Lipinski definition) is 9. The summed E-state index contributed by atoms with van der Waals surface area (Å²) in [5.41, 5.74) is 3.49. The molecule has 3 amide bonds. The summed E-state index contributed by atoms with van der Waals surface area (Å²) >= 11 is 0. The van der Waals surface area contributed by atoms with E-state index in [1.807, 2.05) is 23.6 Å². The van der Waals surface area contributed by atoms with E-state index < -0.39 is 5.91 Å². The number of likely N-dealkylation sites (tertiary alicyclic amines) is 2. The van der Waals surface area contributed by atoms with Crippen LogP contribution in [0.5, 0.6) is 5.75 Å². The third kappa shape index (κ3) is 6.34. The predicted octanol–water partition coefficient (Wildman–Crippen LogP) is 2.10. The van der Waals surface area contributed by atoms with E-state index in [4.69, 9.17) is 14.2 Å². The Morgan fingerprint density at radius 3 is 2.65 bits per heavy atom. The molecule has 0 unspecified atom stereocenters. The Morgan fingerprint density at radius 2 is 1.86 bits per heavy atom. The fourth-order valence-corrected chi connectivity index (χ4v) is 6.40. The van der Waals surface area contributed by atoms with Gasteiger partial charge < -0.3 is 19.5 Å². The number of imide groups is 1.